The molecule has 0 saturated heterocycles. The number of amides is 2. The summed E-state index contributed by atoms with van der Waals surface area (Å²) in [5.74, 6) is 0.562. The standard InChI is InChI=1S/C13H13FN4O/c1-8-6-12(16-9(2)15-8)18-13(19)17-11-5-3-4-10(14)7-11/h3-7H,1-2H3,(H2,15,16,17,18,19). The monoisotopic (exact) mass is 260 g/mol. The summed E-state index contributed by atoms with van der Waals surface area (Å²) in [5.41, 5.74) is 1.13. The first-order valence-electron chi connectivity index (χ1n) is 5.69. The van der Waals surface area contributed by atoms with E-state index >= 15 is 0 Å². The molecular formula is C13H13FN4O. The molecule has 0 aliphatic carbocycles. The van der Waals surface area contributed by atoms with Gasteiger partial charge in [0.2, 0.25) is 0 Å². The van der Waals surface area contributed by atoms with Gasteiger partial charge in [0.05, 0.1) is 0 Å². The molecule has 0 spiro atoms. The van der Waals surface area contributed by atoms with Crippen molar-refractivity contribution in [2.75, 3.05) is 10.6 Å². The molecule has 19 heavy (non-hydrogen) atoms. The number of halogens is 1. The number of aryl methyl sites for hydroxylation is 2. The Balaban J connectivity index is 2.05. The molecule has 0 aliphatic rings. The Morgan fingerprint density at radius 2 is 1.95 bits per heavy atom. The van der Waals surface area contributed by atoms with Crippen LogP contribution in [0.15, 0.2) is 30.3 Å². The molecule has 0 bridgehead atoms. The lowest BCUT2D eigenvalue weighted by Crippen LogP contribution is -2.20. The van der Waals surface area contributed by atoms with Gasteiger partial charge in [-0.2, -0.15) is 0 Å². The number of nitrogens with zero attached hydrogens (tertiary/aromatic N) is 2. The van der Waals surface area contributed by atoms with E-state index in [-0.39, 0.29) is 0 Å². The van der Waals surface area contributed by atoms with Crippen LogP contribution in [0, 0.1) is 19.7 Å². The fraction of sp³-hybridized carbons (Fsp3) is 0.154. The summed E-state index contributed by atoms with van der Waals surface area (Å²) in [6, 6.07) is 6.82. The Labute approximate surface area is 109 Å². The molecule has 98 valence electrons. The second-order valence-electron chi connectivity index (χ2n) is 4.03. The third-order valence-electron chi connectivity index (χ3n) is 2.29. The first-order chi connectivity index (χ1) is 9.02. The SMILES string of the molecule is Cc1cc(NC(=O)Nc2cccc(F)c2)nc(C)n1. The van der Waals surface area contributed by atoms with Crippen molar-refractivity contribution < 1.29 is 9.18 Å². The van der Waals surface area contributed by atoms with Crippen LogP contribution >= 0.6 is 0 Å². The molecule has 1 aromatic heterocycles. The molecule has 1 heterocycles. The molecule has 6 heteroatoms. The lowest BCUT2D eigenvalue weighted by atomic mass is 10.3. The summed E-state index contributed by atoms with van der Waals surface area (Å²) in [6.07, 6.45) is 0. The maximum Gasteiger partial charge on any atom is 0.324 e. The van der Waals surface area contributed by atoms with E-state index in [1.165, 1.54) is 18.2 Å². The zero-order valence-corrected chi connectivity index (χ0v) is 10.6. The van der Waals surface area contributed by atoms with Crippen LogP contribution in [-0.2, 0) is 0 Å². The van der Waals surface area contributed by atoms with E-state index in [1.807, 2.05) is 6.92 Å². The molecule has 2 rings (SSSR count). The highest BCUT2D eigenvalue weighted by Crippen LogP contribution is 2.10. The van der Waals surface area contributed by atoms with E-state index in [4.69, 9.17) is 0 Å². The van der Waals surface area contributed by atoms with Gasteiger partial charge in [-0.25, -0.2) is 19.2 Å². The fourth-order valence-electron chi connectivity index (χ4n) is 1.63. The van der Waals surface area contributed by atoms with Crippen LogP contribution in [0.1, 0.15) is 11.5 Å². The molecule has 0 atom stereocenters. The van der Waals surface area contributed by atoms with Gasteiger partial charge < -0.3 is 5.32 Å². The molecule has 0 radical (unpaired) electrons. The average molecular weight is 260 g/mol. The molecule has 2 amide bonds. The fourth-order valence-corrected chi connectivity index (χ4v) is 1.63. The number of anilines is 2. The van der Waals surface area contributed by atoms with Gasteiger partial charge in [-0.1, -0.05) is 6.07 Å². The van der Waals surface area contributed by atoms with Crippen molar-refractivity contribution in [3.63, 3.8) is 0 Å². The molecule has 2 N–H and O–H groups in total. The highest BCUT2D eigenvalue weighted by molar-refractivity contribution is 5.99. The van der Waals surface area contributed by atoms with Crippen molar-refractivity contribution in [1.29, 1.82) is 0 Å². The second-order valence-corrected chi connectivity index (χ2v) is 4.03. The molecular weight excluding hydrogens is 247 g/mol. The minimum Gasteiger partial charge on any atom is -0.308 e. The van der Waals surface area contributed by atoms with Crippen LogP contribution in [0.5, 0.6) is 0 Å². The molecule has 1 aromatic carbocycles. The Morgan fingerprint density at radius 3 is 2.63 bits per heavy atom. The van der Waals surface area contributed by atoms with Crippen LogP contribution in [0.25, 0.3) is 0 Å². The Hall–Kier alpha value is -2.50. The first-order valence-corrected chi connectivity index (χ1v) is 5.69. The van der Waals surface area contributed by atoms with Crippen LogP contribution in [0.2, 0.25) is 0 Å². The number of aromatic nitrogens is 2. The Morgan fingerprint density at radius 1 is 1.16 bits per heavy atom. The van der Waals surface area contributed by atoms with Crippen molar-refractivity contribution in [2.45, 2.75) is 13.8 Å². The molecule has 2 aromatic rings. The first kappa shape index (κ1) is 12.9. The third-order valence-corrected chi connectivity index (χ3v) is 2.29. The van der Waals surface area contributed by atoms with Gasteiger partial charge in [-0.3, -0.25) is 5.32 Å². The topological polar surface area (TPSA) is 66.9 Å². The van der Waals surface area contributed by atoms with Gasteiger partial charge in [0.25, 0.3) is 0 Å². The van der Waals surface area contributed by atoms with Gasteiger partial charge >= 0.3 is 6.03 Å². The van der Waals surface area contributed by atoms with E-state index in [0.717, 1.165) is 5.69 Å². The maximum absolute atomic E-state index is 13.0. The number of hydrogen-bond acceptors (Lipinski definition) is 3. The number of rotatable bonds is 2. The number of nitrogens with one attached hydrogen (secondary N) is 2. The minimum atomic E-state index is -0.483. The normalized spacial score (nSPS) is 10.1. The van der Waals surface area contributed by atoms with Gasteiger partial charge in [-0.05, 0) is 32.0 Å². The highest BCUT2D eigenvalue weighted by atomic mass is 19.1. The molecule has 0 fully saturated rings. The third kappa shape index (κ3) is 3.74. The largest absolute Gasteiger partial charge is 0.324 e. The van der Waals surface area contributed by atoms with Gasteiger partial charge in [0.1, 0.15) is 17.5 Å². The Kier molecular flexibility index (Phi) is 3.70. The molecule has 5 nitrogen and oxygen atoms in total. The lowest BCUT2D eigenvalue weighted by molar-refractivity contribution is 0.262. The Bertz CT molecular complexity index is 595. The summed E-state index contributed by atoms with van der Waals surface area (Å²) in [6.45, 7) is 3.55. The van der Waals surface area contributed by atoms with Crippen molar-refractivity contribution in [1.82, 2.24) is 9.97 Å². The molecule has 0 aliphatic heterocycles. The van der Waals surface area contributed by atoms with Crippen LogP contribution in [0.4, 0.5) is 20.7 Å². The van der Waals surface area contributed by atoms with Crippen LogP contribution < -0.4 is 10.6 Å². The highest BCUT2D eigenvalue weighted by Gasteiger charge is 2.05. The van der Waals surface area contributed by atoms with Gasteiger partial charge in [0.15, 0.2) is 0 Å². The van der Waals surface area contributed by atoms with Crippen LogP contribution in [-0.4, -0.2) is 16.0 Å². The minimum absolute atomic E-state index is 0.375. The summed E-state index contributed by atoms with van der Waals surface area (Å²) in [5, 5.41) is 5.09. The van der Waals surface area contributed by atoms with E-state index in [1.54, 1.807) is 19.1 Å². The second kappa shape index (κ2) is 5.43. The van der Waals surface area contributed by atoms with E-state index < -0.39 is 11.8 Å². The predicted molar refractivity (Wildman–Crippen MR) is 70.5 cm³/mol. The van der Waals surface area contributed by atoms with Crippen molar-refractivity contribution in [3.8, 4) is 0 Å². The summed E-state index contributed by atoms with van der Waals surface area (Å²) < 4.78 is 13.0. The number of benzene rings is 1. The number of carbonyl (C=O) groups excluding carboxylic acids is 1. The summed E-state index contributed by atoms with van der Waals surface area (Å²) >= 11 is 0. The van der Waals surface area contributed by atoms with Gasteiger partial charge in [0, 0.05) is 17.4 Å². The average Bonchev–Trinajstić information content (AvgIpc) is 2.26. The maximum atomic E-state index is 13.0. The van der Waals surface area contributed by atoms with Crippen molar-refractivity contribution >= 4 is 17.5 Å². The number of hydrogen-bond donors (Lipinski definition) is 2. The zero-order valence-electron chi connectivity index (χ0n) is 10.6. The van der Waals surface area contributed by atoms with Crippen molar-refractivity contribution in [2.24, 2.45) is 0 Å². The predicted octanol–water partition coefficient (Wildman–Crippen LogP) is 2.88. The van der Waals surface area contributed by atoms with E-state index in [2.05, 4.69) is 20.6 Å². The van der Waals surface area contributed by atoms with Crippen LogP contribution in [0.3, 0.4) is 0 Å². The van der Waals surface area contributed by atoms with Crippen molar-refractivity contribution in [3.05, 3.63) is 47.7 Å². The number of carbonyl (C=O) groups is 1. The quantitative estimate of drug-likeness (QED) is 0.872. The molecule has 0 unspecified atom stereocenters. The van der Waals surface area contributed by atoms with Gasteiger partial charge in [-0.15, -0.1) is 0 Å². The summed E-state index contributed by atoms with van der Waals surface area (Å²) in [4.78, 5) is 19.9. The molecule has 0 saturated carbocycles. The lowest BCUT2D eigenvalue weighted by Gasteiger charge is -2.08. The number of urea groups is 1. The van der Waals surface area contributed by atoms with E-state index in [0.29, 0.717) is 17.3 Å². The van der Waals surface area contributed by atoms with E-state index in [9.17, 15) is 9.18 Å². The smallest absolute Gasteiger partial charge is 0.308 e. The summed E-state index contributed by atoms with van der Waals surface area (Å²) in [7, 11) is 0. The zero-order chi connectivity index (χ0) is 13.8.